The van der Waals surface area contributed by atoms with E-state index in [2.05, 4.69) is 5.32 Å². The van der Waals surface area contributed by atoms with Crippen LogP contribution in [0.4, 0.5) is 5.69 Å². The van der Waals surface area contributed by atoms with Crippen molar-refractivity contribution in [3.05, 3.63) is 33.9 Å². The molecule has 1 rings (SSSR count). The van der Waals surface area contributed by atoms with Crippen LogP contribution in [0, 0.1) is 10.1 Å². The van der Waals surface area contributed by atoms with E-state index in [1.807, 2.05) is 0 Å². The van der Waals surface area contributed by atoms with E-state index in [-0.39, 0.29) is 12.1 Å². The van der Waals surface area contributed by atoms with Crippen molar-refractivity contribution in [1.82, 2.24) is 5.32 Å². The van der Waals surface area contributed by atoms with Crippen LogP contribution >= 0.6 is 0 Å². The Bertz CT molecular complexity index is 512. The lowest BCUT2D eigenvalue weighted by Crippen LogP contribution is -2.31. The number of hydrogen-bond acceptors (Lipinski definition) is 6. The minimum Gasteiger partial charge on any atom is -0.478 e. The van der Waals surface area contributed by atoms with Gasteiger partial charge >= 0.3 is 11.7 Å². The number of methoxy groups -OCH3 is 1. The fourth-order valence-corrected chi connectivity index (χ4v) is 1.47. The highest BCUT2D eigenvalue weighted by molar-refractivity contribution is 5.92. The normalized spacial score (nSPS) is 9.95. The Kier molecular flexibility index (Phi) is 6.08. The first kappa shape index (κ1) is 16.4. The first-order chi connectivity index (χ1) is 9.97. The molecule has 9 heteroatoms. The van der Waals surface area contributed by atoms with E-state index in [9.17, 15) is 19.7 Å². The Morgan fingerprint density at radius 3 is 2.71 bits per heavy atom. The smallest absolute Gasteiger partial charge is 0.339 e. The van der Waals surface area contributed by atoms with Crippen molar-refractivity contribution in [2.24, 2.45) is 0 Å². The quantitative estimate of drug-likeness (QED) is 0.404. The second-order valence-electron chi connectivity index (χ2n) is 3.85. The van der Waals surface area contributed by atoms with Crippen LogP contribution in [0.3, 0.4) is 0 Å². The summed E-state index contributed by atoms with van der Waals surface area (Å²) in [4.78, 5) is 32.6. The summed E-state index contributed by atoms with van der Waals surface area (Å²) in [6, 6.07) is 3.49. The van der Waals surface area contributed by atoms with E-state index >= 15 is 0 Å². The SMILES string of the molecule is COCCNC(=O)COc1c(C(=O)O)cccc1[N+](=O)[O-]. The van der Waals surface area contributed by atoms with Crippen LogP contribution in [0.1, 0.15) is 10.4 Å². The maximum atomic E-state index is 11.4. The number of ether oxygens (including phenoxy) is 2. The van der Waals surface area contributed by atoms with Crippen molar-refractivity contribution in [2.45, 2.75) is 0 Å². The van der Waals surface area contributed by atoms with E-state index in [1.54, 1.807) is 0 Å². The molecule has 0 heterocycles. The van der Waals surface area contributed by atoms with Crippen molar-refractivity contribution >= 4 is 17.6 Å². The molecule has 0 aliphatic rings. The summed E-state index contributed by atoms with van der Waals surface area (Å²) in [5.41, 5.74) is -0.895. The molecule has 0 bridgehead atoms. The Hall–Kier alpha value is -2.68. The number of nitrogens with one attached hydrogen (secondary N) is 1. The molecular weight excluding hydrogens is 284 g/mol. The first-order valence-corrected chi connectivity index (χ1v) is 5.86. The third kappa shape index (κ3) is 4.73. The Balaban J connectivity index is 2.83. The van der Waals surface area contributed by atoms with Gasteiger partial charge in [-0.25, -0.2) is 4.79 Å². The van der Waals surface area contributed by atoms with Crippen LogP contribution in [0.5, 0.6) is 5.75 Å². The molecule has 0 radical (unpaired) electrons. The third-order valence-corrected chi connectivity index (χ3v) is 2.40. The molecule has 21 heavy (non-hydrogen) atoms. The van der Waals surface area contributed by atoms with Crippen LogP contribution < -0.4 is 10.1 Å². The number of amides is 1. The van der Waals surface area contributed by atoms with Gasteiger partial charge < -0.3 is 19.9 Å². The van der Waals surface area contributed by atoms with Gasteiger partial charge in [-0.1, -0.05) is 6.07 Å². The van der Waals surface area contributed by atoms with Crippen LogP contribution in [-0.4, -0.2) is 48.8 Å². The topological polar surface area (TPSA) is 128 Å². The van der Waals surface area contributed by atoms with Gasteiger partial charge in [0.25, 0.3) is 5.91 Å². The molecule has 0 unspecified atom stereocenters. The molecule has 0 atom stereocenters. The fraction of sp³-hybridized carbons (Fsp3) is 0.333. The minimum absolute atomic E-state index is 0.251. The largest absolute Gasteiger partial charge is 0.478 e. The summed E-state index contributed by atoms with van der Waals surface area (Å²) in [5, 5.41) is 22.3. The molecule has 0 fully saturated rings. The van der Waals surface area contributed by atoms with E-state index in [1.165, 1.54) is 13.2 Å². The summed E-state index contributed by atoms with van der Waals surface area (Å²) in [6.07, 6.45) is 0. The molecule has 0 saturated carbocycles. The summed E-state index contributed by atoms with van der Waals surface area (Å²) in [5.74, 6) is -2.37. The highest BCUT2D eigenvalue weighted by atomic mass is 16.6. The monoisotopic (exact) mass is 298 g/mol. The number of nitro groups is 1. The molecule has 1 amide bonds. The zero-order valence-corrected chi connectivity index (χ0v) is 11.2. The number of carboxylic acids is 1. The number of hydrogen-bond donors (Lipinski definition) is 2. The average Bonchev–Trinajstić information content (AvgIpc) is 2.44. The molecule has 1 aromatic carbocycles. The number of carboxylic acid groups (broad SMARTS) is 1. The highest BCUT2D eigenvalue weighted by Gasteiger charge is 2.23. The van der Waals surface area contributed by atoms with Crippen LogP contribution in [-0.2, 0) is 9.53 Å². The maximum absolute atomic E-state index is 11.4. The number of rotatable bonds is 8. The van der Waals surface area contributed by atoms with Gasteiger partial charge in [0.05, 0.1) is 11.5 Å². The van der Waals surface area contributed by atoms with Crippen LogP contribution in [0.25, 0.3) is 0 Å². The van der Waals surface area contributed by atoms with Crippen molar-refractivity contribution in [3.63, 3.8) is 0 Å². The number of para-hydroxylation sites is 1. The Morgan fingerprint density at radius 1 is 1.43 bits per heavy atom. The average molecular weight is 298 g/mol. The van der Waals surface area contributed by atoms with Gasteiger partial charge in [-0.05, 0) is 6.07 Å². The molecule has 0 saturated heterocycles. The van der Waals surface area contributed by atoms with Crippen molar-refractivity contribution in [3.8, 4) is 5.75 Å². The summed E-state index contributed by atoms with van der Waals surface area (Å²) in [6.45, 7) is 0.0216. The fourth-order valence-electron chi connectivity index (χ4n) is 1.47. The van der Waals surface area contributed by atoms with Gasteiger partial charge in [0.15, 0.2) is 6.61 Å². The standard InChI is InChI=1S/C12H14N2O7/c1-20-6-5-13-10(15)7-21-11-8(12(16)17)3-2-4-9(11)14(18)19/h2-4H,5-7H2,1H3,(H,13,15)(H,16,17). The molecule has 0 spiro atoms. The molecular formula is C12H14N2O7. The first-order valence-electron chi connectivity index (χ1n) is 5.86. The number of carbonyl (C=O) groups is 2. The Labute approximate surface area is 119 Å². The van der Waals surface area contributed by atoms with Crippen LogP contribution in [0.2, 0.25) is 0 Å². The lowest BCUT2D eigenvalue weighted by Gasteiger charge is -2.09. The summed E-state index contributed by atoms with van der Waals surface area (Å²) >= 11 is 0. The van der Waals surface area contributed by atoms with Gasteiger partial charge in [0.2, 0.25) is 5.75 Å². The van der Waals surface area contributed by atoms with E-state index < -0.39 is 34.8 Å². The maximum Gasteiger partial charge on any atom is 0.339 e. The van der Waals surface area contributed by atoms with Gasteiger partial charge in [0.1, 0.15) is 5.56 Å². The van der Waals surface area contributed by atoms with E-state index in [4.69, 9.17) is 14.6 Å². The molecule has 1 aromatic rings. The summed E-state index contributed by atoms with van der Waals surface area (Å²) < 4.78 is 9.74. The van der Waals surface area contributed by atoms with Crippen LogP contribution in [0.15, 0.2) is 18.2 Å². The molecule has 0 aliphatic heterocycles. The number of nitro benzene ring substituents is 1. The van der Waals surface area contributed by atoms with Gasteiger partial charge in [-0.3, -0.25) is 14.9 Å². The number of aromatic carboxylic acids is 1. The van der Waals surface area contributed by atoms with Crippen molar-refractivity contribution in [1.29, 1.82) is 0 Å². The van der Waals surface area contributed by atoms with Gasteiger partial charge in [0, 0.05) is 19.7 Å². The van der Waals surface area contributed by atoms with Gasteiger partial charge in [-0.2, -0.15) is 0 Å². The predicted molar refractivity (Wildman–Crippen MR) is 70.4 cm³/mol. The lowest BCUT2D eigenvalue weighted by atomic mass is 10.2. The zero-order valence-electron chi connectivity index (χ0n) is 11.2. The third-order valence-electron chi connectivity index (χ3n) is 2.40. The number of nitrogens with zero attached hydrogens (tertiary/aromatic N) is 1. The molecule has 0 aliphatic carbocycles. The lowest BCUT2D eigenvalue weighted by molar-refractivity contribution is -0.385. The van der Waals surface area contributed by atoms with Gasteiger partial charge in [-0.15, -0.1) is 0 Å². The molecule has 9 nitrogen and oxygen atoms in total. The molecule has 114 valence electrons. The molecule has 2 N–H and O–H groups in total. The molecule has 0 aromatic heterocycles. The second kappa shape index (κ2) is 7.80. The highest BCUT2D eigenvalue weighted by Crippen LogP contribution is 2.30. The minimum atomic E-state index is -1.38. The number of carbonyl (C=O) groups excluding carboxylic acids is 1. The second-order valence-corrected chi connectivity index (χ2v) is 3.85. The summed E-state index contributed by atoms with van der Waals surface area (Å²) in [7, 11) is 1.47. The Morgan fingerprint density at radius 2 is 2.14 bits per heavy atom. The zero-order chi connectivity index (χ0) is 15.8. The van der Waals surface area contributed by atoms with Crippen molar-refractivity contribution in [2.75, 3.05) is 26.9 Å². The number of benzene rings is 1. The van der Waals surface area contributed by atoms with E-state index in [0.717, 1.165) is 12.1 Å². The van der Waals surface area contributed by atoms with E-state index in [0.29, 0.717) is 6.61 Å². The van der Waals surface area contributed by atoms with Crippen molar-refractivity contribution < 1.29 is 29.1 Å². The predicted octanol–water partition coefficient (Wildman–Crippen LogP) is 0.434.